The number of carbonyl (C=O) groups is 1. The molecule has 0 aromatic heterocycles. The molecule has 0 aromatic carbocycles. The number of hydrogen-bond donors (Lipinski definition) is 1. The maximum Gasteiger partial charge on any atom is 1.00 e. The number of nitriles is 1. The van der Waals surface area contributed by atoms with E-state index in [1.54, 1.807) is 0 Å². The Morgan fingerprint density at radius 1 is 1.38 bits per heavy atom. The van der Waals surface area contributed by atoms with Crippen molar-refractivity contribution in [3.05, 3.63) is 0 Å². The molecular formula is C2HNNa3O2+3. The van der Waals surface area contributed by atoms with Gasteiger partial charge in [0.1, 0.15) is 0 Å². The number of nitrogens with zero attached hydrogens (tertiary/aromatic N) is 1. The fourth-order valence-electron chi connectivity index (χ4n) is 0. The molecular weight excluding hydrogens is 139 g/mol. The van der Waals surface area contributed by atoms with Crippen molar-refractivity contribution in [3.63, 3.8) is 0 Å². The Balaban J connectivity index is -0.0000000267. The molecule has 1 N–H and O–H groups in total. The van der Waals surface area contributed by atoms with Crippen molar-refractivity contribution in [1.29, 1.82) is 5.26 Å². The molecule has 0 atom stereocenters. The van der Waals surface area contributed by atoms with Gasteiger partial charge in [-0.25, -0.2) is 4.79 Å². The van der Waals surface area contributed by atoms with Gasteiger partial charge < -0.3 is 5.11 Å². The fourth-order valence-corrected chi connectivity index (χ4v) is 0. The zero-order chi connectivity index (χ0) is 4.28. The molecule has 0 aromatic rings. The zero-order valence-electron chi connectivity index (χ0n) is 5.30. The Bertz CT molecular complexity index is 87.8. The minimum Gasteiger partial charge on any atom is -0.470 e. The van der Waals surface area contributed by atoms with E-state index in [-0.39, 0.29) is 88.7 Å². The van der Waals surface area contributed by atoms with Crippen molar-refractivity contribution in [2.75, 3.05) is 0 Å². The Kier molecular flexibility index (Phi) is 45.0. The van der Waals surface area contributed by atoms with Crippen LogP contribution in [0.2, 0.25) is 0 Å². The van der Waals surface area contributed by atoms with Crippen LogP contribution in [0.5, 0.6) is 0 Å². The quantitative estimate of drug-likeness (QED) is 0.206. The molecule has 0 bridgehead atoms. The summed E-state index contributed by atoms with van der Waals surface area (Å²) in [5.41, 5.74) is 0. The first kappa shape index (κ1) is 22.5. The Morgan fingerprint density at radius 2 is 1.50 bits per heavy atom. The molecule has 0 spiro atoms. The van der Waals surface area contributed by atoms with Gasteiger partial charge in [-0.2, -0.15) is 5.26 Å². The van der Waals surface area contributed by atoms with Crippen LogP contribution in [0.4, 0.5) is 0 Å². The SMILES string of the molecule is N#CC(=O)O.[Na+].[Na+].[Na+]. The van der Waals surface area contributed by atoms with Gasteiger partial charge in [0.15, 0.2) is 6.07 Å². The number of carboxylic acid groups (broad SMARTS) is 1. The topological polar surface area (TPSA) is 61.1 Å². The van der Waals surface area contributed by atoms with Gasteiger partial charge in [0.2, 0.25) is 0 Å². The maximum absolute atomic E-state index is 9.01. The summed E-state index contributed by atoms with van der Waals surface area (Å²) < 4.78 is 0. The number of carboxylic acids is 1. The van der Waals surface area contributed by atoms with E-state index < -0.39 is 5.97 Å². The molecule has 0 unspecified atom stereocenters. The minimum absolute atomic E-state index is 0. The van der Waals surface area contributed by atoms with E-state index >= 15 is 0 Å². The zero-order valence-corrected chi connectivity index (χ0v) is 11.3. The van der Waals surface area contributed by atoms with Gasteiger partial charge >= 0.3 is 94.6 Å². The molecule has 0 saturated heterocycles. The van der Waals surface area contributed by atoms with E-state index in [2.05, 4.69) is 0 Å². The van der Waals surface area contributed by atoms with Crippen molar-refractivity contribution < 1.29 is 98.6 Å². The Labute approximate surface area is 114 Å². The largest absolute Gasteiger partial charge is 1.00 e. The predicted molar refractivity (Wildman–Crippen MR) is 13.2 cm³/mol. The van der Waals surface area contributed by atoms with E-state index in [9.17, 15) is 0 Å². The molecule has 0 aliphatic heterocycles. The summed E-state index contributed by atoms with van der Waals surface area (Å²) in [6.07, 6.45) is 0. The summed E-state index contributed by atoms with van der Waals surface area (Å²) in [7, 11) is 0. The molecule has 0 radical (unpaired) electrons. The van der Waals surface area contributed by atoms with Crippen LogP contribution >= 0.6 is 0 Å². The van der Waals surface area contributed by atoms with Crippen LogP contribution in [0.1, 0.15) is 0 Å². The standard InChI is InChI=1S/C2HNO2.3Na/c3-1-2(4)5;;;/h(H,4,5);;;/q;3*+1. The summed E-state index contributed by atoms with van der Waals surface area (Å²) in [5, 5.41) is 14.7. The summed E-state index contributed by atoms with van der Waals surface area (Å²) in [6, 6.07) is 0.944. The average molecular weight is 140 g/mol. The molecule has 0 rings (SSSR count). The van der Waals surface area contributed by atoms with Crippen LogP contribution in [0, 0.1) is 11.3 Å². The second kappa shape index (κ2) is 16.0. The summed E-state index contributed by atoms with van der Waals surface area (Å²) in [6.45, 7) is 0. The second-order valence-corrected chi connectivity index (χ2v) is 0.417. The monoisotopic (exact) mass is 140 g/mol. The van der Waals surface area contributed by atoms with Crippen molar-refractivity contribution >= 4 is 5.97 Å². The van der Waals surface area contributed by atoms with Crippen LogP contribution in [-0.4, -0.2) is 11.1 Å². The van der Waals surface area contributed by atoms with Gasteiger partial charge in [0.25, 0.3) is 0 Å². The molecule has 3 nitrogen and oxygen atoms in total. The van der Waals surface area contributed by atoms with E-state index in [4.69, 9.17) is 15.2 Å². The summed E-state index contributed by atoms with van der Waals surface area (Å²) in [4.78, 5) is 9.01. The molecule has 0 aliphatic carbocycles. The predicted octanol–water partition coefficient (Wildman–Crippen LogP) is -9.39. The first-order chi connectivity index (χ1) is 2.27. The summed E-state index contributed by atoms with van der Waals surface area (Å²) >= 11 is 0. The molecule has 0 amide bonds. The smallest absolute Gasteiger partial charge is 0.470 e. The maximum atomic E-state index is 9.01. The average Bonchev–Trinajstić information content (AvgIpc) is 1.38. The van der Waals surface area contributed by atoms with E-state index in [1.807, 2.05) is 0 Å². The first-order valence-corrected chi connectivity index (χ1v) is 0.901. The second-order valence-electron chi connectivity index (χ2n) is 0.417. The molecule has 6 heteroatoms. The van der Waals surface area contributed by atoms with Gasteiger partial charge in [0, 0.05) is 0 Å². The third-order valence-electron chi connectivity index (χ3n) is 0.0956. The molecule has 0 aliphatic rings. The third kappa shape index (κ3) is 24.6. The van der Waals surface area contributed by atoms with Gasteiger partial charge in [-0.3, -0.25) is 0 Å². The van der Waals surface area contributed by atoms with E-state index in [0.717, 1.165) is 6.07 Å². The van der Waals surface area contributed by atoms with Crippen molar-refractivity contribution in [3.8, 4) is 6.07 Å². The first-order valence-electron chi connectivity index (χ1n) is 0.901. The number of rotatable bonds is 0. The normalized spacial score (nSPS) is 3.38. The van der Waals surface area contributed by atoms with Crippen LogP contribution in [-0.2, 0) is 4.79 Å². The van der Waals surface area contributed by atoms with Gasteiger partial charge in [0.05, 0.1) is 0 Å². The Hall–Kier alpha value is 1.96. The van der Waals surface area contributed by atoms with Crippen molar-refractivity contribution in [2.45, 2.75) is 0 Å². The van der Waals surface area contributed by atoms with E-state index in [0.29, 0.717) is 0 Å². The molecule has 8 heavy (non-hydrogen) atoms. The van der Waals surface area contributed by atoms with Crippen molar-refractivity contribution in [2.24, 2.45) is 0 Å². The number of hydrogen-bond acceptors (Lipinski definition) is 2. The summed E-state index contributed by atoms with van der Waals surface area (Å²) in [5.74, 6) is -1.44. The van der Waals surface area contributed by atoms with Gasteiger partial charge in [-0.05, 0) is 0 Å². The molecule has 0 saturated carbocycles. The van der Waals surface area contributed by atoms with Gasteiger partial charge in [-0.1, -0.05) is 0 Å². The third-order valence-corrected chi connectivity index (χ3v) is 0.0956. The van der Waals surface area contributed by atoms with Crippen molar-refractivity contribution in [1.82, 2.24) is 0 Å². The van der Waals surface area contributed by atoms with Gasteiger partial charge in [-0.15, -0.1) is 0 Å². The number of aliphatic carboxylic acids is 1. The molecule has 0 fully saturated rings. The Morgan fingerprint density at radius 3 is 1.50 bits per heavy atom. The van der Waals surface area contributed by atoms with Crippen LogP contribution < -0.4 is 88.7 Å². The fraction of sp³-hybridized carbons (Fsp3) is 0. The molecule has 0 heterocycles. The van der Waals surface area contributed by atoms with Crippen LogP contribution in [0.25, 0.3) is 0 Å². The van der Waals surface area contributed by atoms with E-state index in [1.165, 1.54) is 0 Å². The molecule has 26 valence electrons. The minimum atomic E-state index is -1.44. The van der Waals surface area contributed by atoms with Crippen LogP contribution in [0.15, 0.2) is 0 Å². The van der Waals surface area contributed by atoms with Crippen LogP contribution in [0.3, 0.4) is 0 Å².